The lowest BCUT2D eigenvalue weighted by molar-refractivity contribution is -0.145. The van der Waals surface area contributed by atoms with E-state index in [1.54, 1.807) is 24.3 Å². The number of carboxylic acid groups (broad SMARTS) is 1. The van der Waals surface area contributed by atoms with Crippen molar-refractivity contribution in [3.63, 3.8) is 0 Å². The number of thiocarbonyl (C=S) groups is 1. The lowest BCUT2D eigenvalue weighted by Crippen LogP contribution is -2.43. The summed E-state index contributed by atoms with van der Waals surface area (Å²) in [7, 11) is 0. The van der Waals surface area contributed by atoms with Crippen LogP contribution in [0.5, 0.6) is 0 Å². The fourth-order valence-electron chi connectivity index (χ4n) is 2.16. The van der Waals surface area contributed by atoms with Gasteiger partial charge in [-0.3, -0.25) is 9.69 Å². The van der Waals surface area contributed by atoms with Gasteiger partial charge in [0.15, 0.2) is 0 Å². The van der Waals surface area contributed by atoms with Gasteiger partial charge in [-0.2, -0.15) is 0 Å². The van der Waals surface area contributed by atoms with Crippen molar-refractivity contribution in [2.24, 2.45) is 0 Å². The summed E-state index contributed by atoms with van der Waals surface area (Å²) < 4.78 is 0.227. The van der Waals surface area contributed by atoms with Gasteiger partial charge in [0.1, 0.15) is 10.4 Å². The summed E-state index contributed by atoms with van der Waals surface area (Å²) in [5.74, 6) is -1.50. The molecular weight excluding hydrogens is 377 g/mol. The van der Waals surface area contributed by atoms with Gasteiger partial charge in [-0.15, -0.1) is 0 Å². The van der Waals surface area contributed by atoms with Crippen LogP contribution in [0.2, 0.25) is 10.0 Å². The van der Waals surface area contributed by atoms with Crippen LogP contribution in [0.4, 0.5) is 0 Å². The molecule has 8 heteroatoms. The Balaban J connectivity index is 2.38. The molecule has 4 nitrogen and oxygen atoms in total. The maximum absolute atomic E-state index is 12.6. The SMILES string of the molecule is CCC[C@H](C(=O)O)N1C(=O)/C(=C/c2c(Cl)cccc2Cl)SC1=S. The maximum atomic E-state index is 12.6. The number of aliphatic carboxylic acids is 1. The van der Waals surface area contributed by atoms with E-state index in [1.165, 1.54) is 0 Å². The molecule has 1 aliphatic heterocycles. The molecule has 0 aliphatic carbocycles. The van der Waals surface area contributed by atoms with E-state index in [4.69, 9.17) is 35.4 Å². The van der Waals surface area contributed by atoms with E-state index in [1.807, 2.05) is 6.92 Å². The zero-order valence-corrected chi connectivity index (χ0v) is 15.2. The third kappa shape index (κ3) is 3.88. The van der Waals surface area contributed by atoms with E-state index in [9.17, 15) is 14.7 Å². The van der Waals surface area contributed by atoms with Crippen molar-refractivity contribution >= 4 is 69.5 Å². The van der Waals surface area contributed by atoms with Gasteiger partial charge in [0.05, 0.1) is 4.91 Å². The monoisotopic (exact) mass is 389 g/mol. The summed E-state index contributed by atoms with van der Waals surface area (Å²) in [4.78, 5) is 25.4. The van der Waals surface area contributed by atoms with Crippen molar-refractivity contribution in [2.75, 3.05) is 0 Å². The quantitative estimate of drug-likeness (QED) is 0.595. The summed E-state index contributed by atoms with van der Waals surface area (Å²) in [6.45, 7) is 1.85. The molecule has 0 aromatic heterocycles. The highest BCUT2D eigenvalue weighted by atomic mass is 35.5. The molecule has 1 N–H and O–H groups in total. The van der Waals surface area contributed by atoms with Crippen molar-refractivity contribution in [2.45, 2.75) is 25.8 Å². The number of nitrogens with zero attached hydrogens (tertiary/aromatic N) is 1. The highest BCUT2D eigenvalue weighted by Gasteiger charge is 2.40. The molecular formula is C15H13Cl2NO3S2. The van der Waals surface area contributed by atoms with Crippen LogP contribution in [0.3, 0.4) is 0 Å². The van der Waals surface area contributed by atoms with E-state index >= 15 is 0 Å². The second-order valence-electron chi connectivity index (χ2n) is 4.83. The standard InChI is InChI=1S/C15H13Cl2NO3S2/c1-2-4-11(14(20)21)18-13(19)12(23-15(18)22)7-8-9(16)5-3-6-10(8)17/h3,5-7,11H,2,4H2,1H3,(H,20,21)/b12-7-/t11-/m1/s1. The van der Waals surface area contributed by atoms with Crippen LogP contribution in [0.15, 0.2) is 23.1 Å². The Kier molecular flexibility index (Phi) is 6.08. The van der Waals surface area contributed by atoms with Crippen LogP contribution < -0.4 is 0 Å². The molecule has 1 fully saturated rings. The molecule has 0 saturated carbocycles. The normalized spacial score (nSPS) is 17.9. The van der Waals surface area contributed by atoms with Crippen LogP contribution in [0.25, 0.3) is 6.08 Å². The second kappa shape index (κ2) is 7.66. The van der Waals surface area contributed by atoms with E-state index < -0.39 is 17.9 Å². The van der Waals surface area contributed by atoms with Crippen LogP contribution in [-0.2, 0) is 9.59 Å². The average molecular weight is 390 g/mol. The number of halogens is 2. The largest absolute Gasteiger partial charge is 0.480 e. The van der Waals surface area contributed by atoms with Gasteiger partial charge < -0.3 is 5.11 Å². The molecule has 0 spiro atoms. The molecule has 0 bridgehead atoms. The summed E-state index contributed by atoms with van der Waals surface area (Å²) in [5.41, 5.74) is 0.513. The van der Waals surface area contributed by atoms with Gasteiger partial charge in [-0.25, -0.2) is 4.79 Å². The minimum absolute atomic E-state index is 0.227. The van der Waals surface area contributed by atoms with Crippen LogP contribution >= 0.6 is 47.2 Å². The molecule has 1 atom stereocenters. The predicted octanol–water partition coefficient (Wildman–Crippen LogP) is 4.45. The summed E-state index contributed by atoms with van der Waals surface area (Å²) in [6, 6.07) is 4.07. The van der Waals surface area contributed by atoms with Crippen LogP contribution in [0, 0.1) is 0 Å². The number of hydrogen-bond acceptors (Lipinski definition) is 4. The number of benzene rings is 1. The van der Waals surface area contributed by atoms with Crippen molar-refractivity contribution < 1.29 is 14.7 Å². The molecule has 1 aliphatic rings. The summed E-state index contributed by atoms with van der Waals surface area (Å²) in [6.07, 6.45) is 2.51. The topological polar surface area (TPSA) is 57.6 Å². The van der Waals surface area contributed by atoms with E-state index in [0.29, 0.717) is 33.4 Å². The zero-order chi connectivity index (χ0) is 17.1. The molecule has 0 unspecified atom stereocenters. The van der Waals surface area contributed by atoms with Gasteiger partial charge >= 0.3 is 5.97 Å². The first kappa shape index (κ1) is 18.3. The average Bonchev–Trinajstić information content (AvgIpc) is 2.75. The number of amides is 1. The first-order valence-electron chi connectivity index (χ1n) is 6.80. The Morgan fingerprint density at radius 2 is 2.04 bits per heavy atom. The van der Waals surface area contributed by atoms with Crippen molar-refractivity contribution in [1.82, 2.24) is 4.90 Å². The minimum Gasteiger partial charge on any atom is -0.480 e. The molecule has 2 rings (SSSR count). The summed E-state index contributed by atoms with van der Waals surface area (Å²) in [5, 5.41) is 10.2. The van der Waals surface area contributed by atoms with Gasteiger partial charge in [0, 0.05) is 15.6 Å². The number of rotatable bonds is 5. The number of hydrogen-bond donors (Lipinski definition) is 1. The Morgan fingerprint density at radius 1 is 1.43 bits per heavy atom. The molecule has 23 heavy (non-hydrogen) atoms. The Hall–Kier alpha value is -1.08. The number of thioether (sulfide) groups is 1. The van der Waals surface area contributed by atoms with Gasteiger partial charge in [-0.05, 0) is 24.6 Å². The molecule has 1 saturated heterocycles. The fourth-order valence-corrected chi connectivity index (χ4v) is 4.01. The summed E-state index contributed by atoms with van der Waals surface area (Å²) >= 11 is 18.4. The fraction of sp³-hybridized carbons (Fsp3) is 0.267. The van der Waals surface area contributed by atoms with E-state index in [0.717, 1.165) is 16.7 Å². The third-order valence-electron chi connectivity index (χ3n) is 3.26. The predicted molar refractivity (Wildman–Crippen MR) is 97.8 cm³/mol. The molecule has 1 aromatic carbocycles. The van der Waals surface area contributed by atoms with Gasteiger partial charge in [0.25, 0.3) is 5.91 Å². The third-order valence-corrected chi connectivity index (χ3v) is 5.25. The number of carbonyl (C=O) groups excluding carboxylic acids is 1. The molecule has 1 amide bonds. The van der Waals surface area contributed by atoms with Gasteiger partial charge in [-0.1, -0.05) is 66.6 Å². The van der Waals surface area contributed by atoms with E-state index in [-0.39, 0.29) is 4.32 Å². The smallest absolute Gasteiger partial charge is 0.326 e. The maximum Gasteiger partial charge on any atom is 0.326 e. The number of carbonyl (C=O) groups is 2. The van der Waals surface area contributed by atoms with Crippen molar-refractivity contribution in [3.8, 4) is 0 Å². The van der Waals surface area contributed by atoms with E-state index in [2.05, 4.69) is 0 Å². The van der Waals surface area contributed by atoms with Crippen molar-refractivity contribution in [1.29, 1.82) is 0 Å². The molecule has 122 valence electrons. The Labute approximate surface area is 153 Å². The first-order chi connectivity index (χ1) is 10.9. The minimum atomic E-state index is -1.07. The molecule has 1 aromatic rings. The Bertz CT molecular complexity index is 686. The highest BCUT2D eigenvalue weighted by molar-refractivity contribution is 8.26. The lowest BCUT2D eigenvalue weighted by atomic mass is 10.1. The Morgan fingerprint density at radius 3 is 2.57 bits per heavy atom. The zero-order valence-electron chi connectivity index (χ0n) is 12.1. The second-order valence-corrected chi connectivity index (χ2v) is 7.32. The number of carboxylic acids is 1. The lowest BCUT2D eigenvalue weighted by Gasteiger charge is -2.22. The van der Waals surface area contributed by atoms with Crippen LogP contribution in [-0.4, -0.2) is 32.2 Å². The molecule has 0 radical (unpaired) electrons. The first-order valence-corrected chi connectivity index (χ1v) is 8.78. The molecule has 1 heterocycles. The van der Waals surface area contributed by atoms with Crippen molar-refractivity contribution in [3.05, 3.63) is 38.7 Å². The van der Waals surface area contributed by atoms with Crippen LogP contribution in [0.1, 0.15) is 25.3 Å². The highest BCUT2D eigenvalue weighted by Crippen LogP contribution is 2.37. The van der Waals surface area contributed by atoms with Gasteiger partial charge in [0.2, 0.25) is 0 Å².